The molecule has 0 amide bonds. The molecule has 2 aliphatic heterocycles. The van der Waals surface area contributed by atoms with Gasteiger partial charge in [0.05, 0.1) is 19.3 Å². The van der Waals surface area contributed by atoms with Gasteiger partial charge in [0.15, 0.2) is 5.70 Å². The highest BCUT2D eigenvalue weighted by molar-refractivity contribution is 5.71. The van der Waals surface area contributed by atoms with Crippen molar-refractivity contribution >= 4 is 11.9 Å². The molecule has 0 aromatic heterocycles. The van der Waals surface area contributed by atoms with Gasteiger partial charge in [-0.3, -0.25) is 4.99 Å². The molecule has 23 heavy (non-hydrogen) atoms. The third-order valence-electron chi connectivity index (χ3n) is 3.67. The van der Waals surface area contributed by atoms with Crippen LogP contribution in [-0.2, 0) is 4.74 Å². The molecule has 0 aliphatic carbocycles. The molecule has 8 heteroatoms. The van der Waals surface area contributed by atoms with E-state index < -0.39 is 17.7 Å². The summed E-state index contributed by atoms with van der Waals surface area (Å²) in [5.41, 5.74) is -0.275. The molecule has 0 bridgehead atoms. The van der Waals surface area contributed by atoms with E-state index in [1.165, 1.54) is 11.0 Å². The van der Waals surface area contributed by atoms with Crippen molar-refractivity contribution in [3.8, 4) is 0 Å². The van der Waals surface area contributed by atoms with Crippen molar-refractivity contribution in [3.63, 3.8) is 0 Å². The van der Waals surface area contributed by atoms with Crippen LogP contribution in [0.2, 0.25) is 0 Å². The molecule has 1 aromatic rings. The molecule has 3 rings (SSSR count). The molecular weight excluding hydrogens is 314 g/mol. The minimum absolute atomic E-state index is 0.153. The number of morpholine rings is 1. The number of allylic oxidation sites excluding steroid dienone is 1. The lowest BCUT2D eigenvalue weighted by molar-refractivity contribution is -0.0926. The summed E-state index contributed by atoms with van der Waals surface area (Å²) in [4.78, 5) is 4.65. The highest BCUT2D eigenvalue weighted by Gasteiger charge is 2.35. The predicted molar refractivity (Wildman–Crippen MR) is 77.9 cm³/mol. The first-order valence-electron chi connectivity index (χ1n) is 7.15. The predicted octanol–water partition coefficient (Wildman–Crippen LogP) is 2.78. The molecule has 0 spiro atoms. The Labute approximate surface area is 130 Å². The molecule has 0 unspecified atom stereocenters. The molecule has 2 heterocycles. The minimum Gasteiger partial charge on any atom is -0.371 e. The quantitative estimate of drug-likeness (QED) is 0.848. The second-order valence-electron chi connectivity index (χ2n) is 5.25. The fourth-order valence-electron chi connectivity index (χ4n) is 2.51. The number of rotatable bonds is 2. The molecule has 1 aromatic carbocycles. The lowest BCUT2D eigenvalue weighted by Gasteiger charge is -2.26. The number of benzene rings is 1. The molecular formula is C15H15F4N3O. The van der Waals surface area contributed by atoms with Gasteiger partial charge in [0.2, 0.25) is 0 Å². The molecule has 1 fully saturated rings. The molecule has 1 N–H and O–H groups in total. The van der Waals surface area contributed by atoms with Gasteiger partial charge in [0, 0.05) is 36.8 Å². The van der Waals surface area contributed by atoms with Crippen molar-refractivity contribution in [1.82, 2.24) is 5.32 Å². The number of hydrogen-bond donors (Lipinski definition) is 1. The van der Waals surface area contributed by atoms with Gasteiger partial charge in [0.1, 0.15) is 5.82 Å². The molecule has 1 saturated heterocycles. The number of aliphatic imine (C=N–C) groups is 1. The molecule has 2 aliphatic rings. The average Bonchev–Trinajstić information content (AvgIpc) is 2.55. The third kappa shape index (κ3) is 3.53. The Morgan fingerprint density at radius 1 is 1.30 bits per heavy atom. The van der Waals surface area contributed by atoms with Crippen LogP contribution in [0.25, 0.3) is 0 Å². The first-order valence-corrected chi connectivity index (χ1v) is 7.15. The van der Waals surface area contributed by atoms with Gasteiger partial charge < -0.3 is 15.0 Å². The summed E-state index contributed by atoms with van der Waals surface area (Å²) < 4.78 is 57.9. The summed E-state index contributed by atoms with van der Waals surface area (Å²) in [5.74, 6) is -0.499. The summed E-state index contributed by atoms with van der Waals surface area (Å²) in [7, 11) is 0. The summed E-state index contributed by atoms with van der Waals surface area (Å²) in [5, 5.41) is 3.11. The van der Waals surface area contributed by atoms with Crippen molar-refractivity contribution in [1.29, 1.82) is 0 Å². The van der Waals surface area contributed by atoms with Crippen LogP contribution in [0.1, 0.15) is 11.7 Å². The molecule has 124 valence electrons. The second kappa shape index (κ2) is 6.29. The summed E-state index contributed by atoms with van der Waals surface area (Å²) in [6, 6.07) is 4.35. The van der Waals surface area contributed by atoms with Crippen LogP contribution in [0.4, 0.5) is 23.2 Å². The van der Waals surface area contributed by atoms with E-state index in [0.29, 0.717) is 30.9 Å². The van der Waals surface area contributed by atoms with E-state index in [1.807, 2.05) is 0 Å². The number of anilines is 1. The summed E-state index contributed by atoms with van der Waals surface area (Å²) >= 11 is 0. The van der Waals surface area contributed by atoms with E-state index in [0.717, 1.165) is 12.4 Å². The second-order valence-corrected chi connectivity index (χ2v) is 5.25. The van der Waals surface area contributed by atoms with Crippen LogP contribution in [0.15, 0.2) is 35.1 Å². The number of ether oxygens (including phenoxy) is 1. The molecule has 4 nitrogen and oxygen atoms in total. The Kier molecular flexibility index (Phi) is 4.36. The molecule has 1 atom stereocenters. The van der Waals surface area contributed by atoms with Gasteiger partial charge in [-0.1, -0.05) is 6.07 Å². The van der Waals surface area contributed by atoms with Crippen LogP contribution in [0.5, 0.6) is 0 Å². The maximum Gasteiger partial charge on any atom is 0.434 e. The lowest BCUT2D eigenvalue weighted by atomic mass is 10.1. The first kappa shape index (κ1) is 15.9. The highest BCUT2D eigenvalue weighted by atomic mass is 19.4. The van der Waals surface area contributed by atoms with Crippen LogP contribution in [0.3, 0.4) is 0 Å². The fraction of sp³-hybridized carbons (Fsp3) is 0.400. The van der Waals surface area contributed by atoms with E-state index in [2.05, 4.69) is 10.3 Å². The average molecular weight is 329 g/mol. The van der Waals surface area contributed by atoms with Crippen molar-refractivity contribution in [2.45, 2.75) is 12.3 Å². The van der Waals surface area contributed by atoms with Gasteiger partial charge in [-0.2, -0.15) is 13.2 Å². The minimum atomic E-state index is -4.53. The highest BCUT2D eigenvalue weighted by Crippen LogP contribution is 2.31. The number of alkyl halides is 3. The zero-order chi connectivity index (χ0) is 16.4. The monoisotopic (exact) mass is 329 g/mol. The smallest absolute Gasteiger partial charge is 0.371 e. The number of hydrogen-bond acceptors (Lipinski definition) is 4. The summed E-state index contributed by atoms with van der Waals surface area (Å²) in [6.07, 6.45) is -2.88. The molecule has 0 saturated carbocycles. The van der Waals surface area contributed by atoms with Crippen LogP contribution in [0, 0.1) is 5.82 Å². The Morgan fingerprint density at radius 3 is 2.78 bits per heavy atom. The number of halogens is 4. The van der Waals surface area contributed by atoms with E-state index in [1.54, 1.807) is 12.1 Å². The van der Waals surface area contributed by atoms with Gasteiger partial charge in [-0.25, -0.2) is 4.39 Å². The molecule has 0 radical (unpaired) electrons. The summed E-state index contributed by atoms with van der Waals surface area (Å²) in [6.45, 7) is 1.87. The van der Waals surface area contributed by atoms with Crippen molar-refractivity contribution in [2.24, 2.45) is 4.99 Å². The van der Waals surface area contributed by atoms with Crippen molar-refractivity contribution in [2.75, 3.05) is 31.1 Å². The number of nitrogens with one attached hydrogen (secondary N) is 1. The zero-order valence-corrected chi connectivity index (χ0v) is 12.1. The van der Waals surface area contributed by atoms with Crippen LogP contribution >= 0.6 is 0 Å². The Hall–Kier alpha value is -1.93. The Bertz CT molecular complexity index is 636. The van der Waals surface area contributed by atoms with Crippen LogP contribution in [-0.4, -0.2) is 38.6 Å². The van der Waals surface area contributed by atoms with Crippen molar-refractivity contribution < 1.29 is 22.3 Å². The van der Waals surface area contributed by atoms with Gasteiger partial charge in [0.25, 0.3) is 0 Å². The SMILES string of the molecule is Fc1cc(N2C=C(C(F)(F)F)N=CC2)ccc1[C@H]1CNCCO1. The maximum atomic E-state index is 14.3. The maximum absolute atomic E-state index is 14.3. The standard InChI is InChI=1S/C15H15F4N3O/c16-12-7-10(1-2-11(12)13-8-20-4-6-23-13)22-5-3-21-14(9-22)15(17,18)19/h1-3,7,9,13,20H,4-6,8H2/t13-/m1/s1. The van der Waals surface area contributed by atoms with E-state index in [4.69, 9.17) is 4.74 Å². The van der Waals surface area contributed by atoms with E-state index >= 15 is 0 Å². The topological polar surface area (TPSA) is 36.9 Å². The van der Waals surface area contributed by atoms with Gasteiger partial charge in [-0.15, -0.1) is 0 Å². The Morgan fingerprint density at radius 2 is 2.13 bits per heavy atom. The van der Waals surface area contributed by atoms with Crippen LogP contribution < -0.4 is 10.2 Å². The number of nitrogens with zero attached hydrogens (tertiary/aromatic N) is 2. The lowest BCUT2D eigenvalue weighted by Crippen LogP contribution is -2.33. The Balaban J connectivity index is 1.83. The third-order valence-corrected chi connectivity index (χ3v) is 3.67. The van der Waals surface area contributed by atoms with Gasteiger partial charge in [-0.05, 0) is 12.1 Å². The largest absolute Gasteiger partial charge is 0.434 e. The van der Waals surface area contributed by atoms with Gasteiger partial charge >= 0.3 is 6.18 Å². The van der Waals surface area contributed by atoms with E-state index in [-0.39, 0.29) is 12.6 Å². The van der Waals surface area contributed by atoms with Crippen molar-refractivity contribution in [3.05, 3.63) is 41.5 Å². The normalized spacial score (nSPS) is 22.2. The zero-order valence-electron chi connectivity index (χ0n) is 12.1. The first-order chi connectivity index (χ1) is 10.9. The van der Waals surface area contributed by atoms with E-state index in [9.17, 15) is 17.6 Å². The fourth-order valence-corrected chi connectivity index (χ4v) is 2.51.